The molecule has 8 nitrogen and oxygen atoms in total. The van der Waals surface area contributed by atoms with Crippen molar-refractivity contribution in [3.63, 3.8) is 0 Å². The largest absolute Gasteiger partial charge is 0.465 e. The van der Waals surface area contributed by atoms with E-state index in [2.05, 4.69) is 10.2 Å². The van der Waals surface area contributed by atoms with Crippen molar-refractivity contribution in [1.82, 2.24) is 20.0 Å². The molecule has 1 fully saturated rings. The molecule has 0 bridgehead atoms. The van der Waals surface area contributed by atoms with Gasteiger partial charge in [-0.3, -0.25) is 9.59 Å². The molecular formula is C25H27FN4O4. The number of hydrogen-bond acceptors (Lipinski definition) is 4. The van der Waals surface area contributed by atoms with Gasteiger partial charge in [-0.05, 0) is 29.2 Å². The number of carbonyl (C=O) groups is 2. The van der Waals surface area contributed by atoms with Crippen molar-refractivity contribution in [2.45, 2.75) is 33.2 Å². The molecule has 1 aliphatic heterocycles. The number of amides is 2. The summed E-state index contributed by atoms with van der Waals surface area (Å²) in [6.45, 7) is 6.30. The third-order valence-corrected chi connectivity index (χ3v) is 6.32. The maximum absolute atomic E-state index is 14.7. The minimum absolute atomic E-state index is 0.0670. The Kier molecular flexibility index (Phi) is 6.12. The van der Waals surface area contributed by atoms with Gasteiger partial charge in [-0.1, -0.05) is 45.0 Å². The Morgan fingerprint density at radius 3 is 2.53 bits per heavy atom. The molecule has 9 heteroatoms. The molecule has 1 unspecified atom stereocenters. The highest BCUT2D eigenvalue weighted by Gasteiger charge is 2.39. The zero-order chi connectivity index (χ0) is 24.6. The van der Waals surface area contributed by atoms with E-state index in [-0.39, 0.29) is 30.8 Å². The predicted molar refractivity (Wildman–Crippen MR) is 125 cm³/mol. The highest BCUT2D eigenvalue weighted by atomic mass is 19.1. The Morgan fingerprint density at radius 1 is 1.15 bits per heavy atom. The van der Waals surface area contributed by atoms with Gasteiger partial charge in [0.05, 0.1) is 22.7 Å². The van der Waals surface area contributed by atoms with Crippen LogP contribution in [-0.2, 0) is 6.42 Å². The second-order valence-corrected chi connectivity index (χ2v) is 9.64. The fourth-order valence-electron chi connectivity index (χ4n) is 4.45. The zero-order valence-corrected chi connectivity index (χ0v) is 19.3. The molecule has 1 atom stereocenters. The molecule has 1 aliphatic rings. The van der Waals surface area contributed by atoms with Crippen LogP contribution < -0.4 is 5.56 Å². The molecule has 0 saturated carbocycles. The number of aromatic nitrogens is 2. The summed E-state index contributed by atoms with van der Waals surface area (Å²) in [5.41, 5.74) is 0.536. The minimum atomic E-state index is -1.03. The van der Waals surface area contributed by atoms with E-state index in [4.69, 9.17) is 0 Å². The molecule has 2 heterocycles. The normalized spacial score (nSPS) is 16.6. The van der Waals surface area contributed by atoms with E-state index in [1.165, 1.54) is 21.9 Å². The number of hydrogen-bond donors (Lipinski definition) is 2. The van der Waals surface area contributed by atoms with Crippen molar-refractivity contribution in [2.24, 2.45) is 5.41 Å². The van der Waals surface area contributed by atoms with Crippen LogP contribution >= 0.6 is 0 Å². The molecular weight excluding hydrogens is 439 g/mol. The van der Waals surface area contributed by atoms with E-state index < -0.39 is 29.3 Å². The second-order valence-electron chi connectivity index (χ2n) is 9.64. The number of piperazine rings is 1. The lowest BCUT2D eigenvalue weighted by atomic mass is 9.84. The van der Waals surface area contributed by atoms with E-state index in [0.717, 1.165) is 0 Å². The molecule has 2 aromatic carbocycles. The quantitative estimate of drug-likeness (QED) is 0.615. The molecule has 0 aliphatic carbocycles. The van der Waals surface area contributed by atoms with E-state index in [1.54, 1.807) is 24.3 Å². The summed E-state index contributed by atoms with van der Waals surface area (Å²) in [7, 11) is 0. The second kappa shape index (κ2) is 8.89. The predicted octanol–water partition coefficient (Wildman–Crippen LogP) is 3.50. The van der Waals surface area contributed by atoms with Gasteiger partial charge >= 0.3 is 6.09 Å². The molecule has 4 rings (SSSR count). The molecule has 0 spiro atoms. The Hall–Kier alpha value is -3.75. The van der Waals surface area contributed by atoms with E-state index in [0.29, 0.717) is 28.5 Å². The third-order valence-electron chi connectivity index (χ3n) is 6.32. The molecule has 3 aromatic rings. The number of carboxylic acid groups (broad SMARTS) is 1. The zero-order valence-electron chi connectivity index (χ0n) is 19.3. The van der Waals surface area contributed by atoms with Gasteiger partial charge in [0.25, 0.3) is 11.5 Å². The fourth-order valence-corrected chi connectivity index (χ4v) is 4.45. The van der Waals surface area contributed by atoms with Crippen LogP contribution in [0.3, 0.4) is 0 Å². The van der Waals surface area contributed by atoms with Crippen molar-refractivity contribution in [2.75, 3.05) is 19.6 Å². The summed E-state index contributed by atoms with van der Waals surface area (Å²) < 4.78 is 14.7. The molecule has 2 amide bonds. The van der Waals surface area contributed by atoms with Crippen LogP contribution in [0.1, 0.15) is 42.4 Å². The Balaban J connectivity index is 1.62. The first kappa shape index (κ1) is 23.4. The van der Waals surface area contributed by atoms with Gasteiger partial charge in [0.1, 0.15) is 5.82 Å². The van der Waals surface area contributed by atoms with Gasteiger partial charge < -0.3 is 14.9 Å². The smallest absolute Gasteiger partial charge is 0.407 e. The van der Waals surface area contributed by atoms with E-state index in [1.807, 2.05) is 26.8 Å². The molecule has 0 radical (unpaired) electrons. The Labute approximate surface area is 196 Å². The number of halogens is 1. The number of fused-ring (bicyclic) bond motifs is 1. The maximum Gasteiger partial charge on any atom is 0.407 e. The summed E-state index contributed by atoms with van der Waals surface area (Å²) in [6.07, 6.45) is -0.726. The van der Waals surface area contributed by atoms with Crippen LogP contribution in [0.5, 0.6) is 0 Å². The van der Waals surface area contributed by atoms with Crippen LogP contribution in [0.25, 0.3) is 10.8 Å². The molecule has 1 aromatic heterocycles. The highest BCUT2D eigenvalue weighted by molar-refractivity contribution is 5.95. The first-order valence-electron chi connectivity index (χ1n) is 11.1. The SMILES string of the molecule is CC(C)(C)C1CN(C(=O)c2cc(Cc3n[nH]c(=O)c4ccccc34)ccc2F)CCN1C(=O)O. The Bertz CT molecular complexity index is 1310. The number of rotatable bonds is 3. The number of carbonyl (C=O) groups excluding carboxylic acids is 1. The standard InChI is InChI=1S/C25H27FN4O4/c1-25(2,3)21-14-29(10-11-30(21)24(33)34)23(32)18-12-15(8-9-19(18)26)13-20-16-6-4-5-7-17(16)22(31)28-27-20/h4-9,12,21H,10-11,13-14H2,1-3H3,(H,28,31)(H,33,34). The monoisotopic (exact) mass is 466 g/mol. The fraction of sp³-hybridized carbons (Fsp3) is 0.360. The first-order valence-corrected chi connectivity index (χ1v) is 11.1. The lowest BCUT2D eigenvalue weighted by Gasteiger charge is -2.45. The van der Waals surface area contributed by atoms with Gasteiger partial charge in [0.15, 0.2) is 0 Å². The van der Waals surface area contributed by atoms with Crippen molar-refractivity contribution < 1.29 is 19.1 Å². The van der Waals surface area contributed by atoms with Crippen LogP contribution in [0.4, 0.5) is 9.18 Å². The van der Waals surface area contributed by atoms with Crippen molar-refractivity contribution >= 4 is 22.8 Å². The number of nitrogens with one attached hydrogen (secondary N) is 1. The van der Waals surface area contributed by atoms with E-state index >= 15 is 0 Å². The first-order chi connectivity index (χ1) is 16.1. The van der Waals surface area contributed by atoms with Crippen LogP contribution in [0.2, 0.25) is 0 Å². The van der Waals surface area contributed by atoms with Gasteiger partial charge in [-0.25, -0.2) is 14.3 Å². The summed E-state index contributed by atoms with van der Waals surface area (Å²) >= 11 is 0. The van der Waals surface area contributed by atoms with Crippen LogP contribution in [-0.4, -0.2) is 62.8 Å². The molecule has 34 heavy (non-hydrogen) atoms. The number of nitrogens with zero attached hydrogens (tertiary/aromatic N) is 3. The van der Waals surface area contributed by atoms with Crippen molar-refractivity contribution in [1.29, 1.82) is 0 Å². The summed E-state index contributed by atoms with van der Waals surface area (Å²) in [6, 6.07) is 11.0. The van der Waals surface area contributed by atoms with Crippen LogP contribution in [0.15, 0.2) is 47.3 Å². The van der Waals surface area contributed by atoms with Crippen molar-refractivity contribution in [3.05, 3.63) is 75.5 Å². The van der Waals surface area contributed by atoms with Gasteiger partial charge in [0, 0.05) is 31.4 Å². The van der Waals surface area contributed by atoms with Gasteiger partial charge in [-0.15, -0.1) is 0 Å². The van der Waals surface area contributed by atoms with Gasteiger partial charge in [0.2, 0.25) is 0 Å². The minimum Gasteiger partial charge on any atom is -0.465 e. The average molecular weight is 467 g/mol. The lowest BCUT2D eigenvalue weighted by Crippen LogP contribution is -2.60. The summed E-state index contributed by atoms with van der Waals surface area (Å²) in [4.78, 5) is 39.9. The highest BCUT2D eigenvalue weighted by Crippen LogP contribution is 2.29. The number of aromatic amines is 1. The molecule has 2 N–H and O–H groups in total. The number of H-pyrrole nitrogens is 1. The maximum atomic E-state index is 14.7. The van der Waals surface area contributed by atoms with Crippen LogP contribution in [0, 0.1) is 11.2 Å². The topological polar surface area (TPSA) is 107 Å². The summed E-state index contributed by atoms with van der Waals surface area (Å²) in [5, 5.41) is 17.4. The average Bonchev–Trinajstić information content (AvgIpc) is 2.80. The lowest BCUT2D eigenvalue weighted by molar-refractivity contribution is 0.0196. The van der Waals surface area contributed by atoms with Crippen molar-refractivity contribution in [3.8, 4) is 0 Å². The Morgan fingerprint density at radius 2 is 1.85 bits per heavy atom. The number of benzene rings is 2. The van der Waals surface area contributed by atoms with Gasteiger partial charge in [-0.2, -0.15) is 5.10 Å². The third kappa shape index (κ3) is 4.50. The summed E-state index contributed by atoms with van der Waals surface area (Å²) in [5.74, 6) is -1.11. The van der Waals surface area contributed by atoms with E-state index in [9.17, 15) is 23.9 Å². The molecule has 1 saturated heterocycles. The molecule has 178 valence electrons.